The van der Waals surface area contributed by atoms with Crippen LogP contribution in [0.4, 0.5) is 0 Å². The first-order valence-electron chi connectivity index (χ1n) is 8.81. The van der Waals surface area contributed by atoms with Crippen molar-refractivity contribution in [2.75, 3.05) is 26.8 Å². The lowest BCUT2D eigenvalue weighted by Gasteiger charge is -2.32. The van der Waals surface area contributed by atoms with Crippen LogP contribution in [0.25, 0.3) is 0 Å². The maximum atomic E-state index is 12.6. The van der Waals surface area contributed by atoms with E-state index in [4.69, 9.17) is 26.8 Å². The highest BCUT2D eigenvalue weighted by atomic mass is 35.5. The Kier molecular flexibility index (Phi) is 5.88. The predicted octanol–water partition coefficient (Wildman–Crippen LogP) is 1.57. The molecule has 0 radical (unpaired) electrons. The maximum absolute atomic E-state index is 12.6. The minimum Gasteiger partial charge on any atom is -0.493 e. The number of piperidine rings is 1. The van der Waals surface area contributed by atoms with E-state index in [0.29, 0.717) is 5.56 Å². The lowest BCUT2D eigenvalue weighted by Crippen LogP contribution is -2.45. The number of nitrogens with one attached hydrogen (secondary N) is 1. The number of carbonyl (C=O) groups excluding carboxylic acids is 2. The predicted molar refractivity (Wildman–Crippen MR) is 97.8 cm³/mol. The molecule has 2 fully saturated rings. The Labute approximate surface area is 157 Å². The molecule has 142 valence electrons. The Morgan fingerprint density at radius 2 is 1.96 bits per heavy atom. The Balaban J connectivity index is 1.63. The van der Waals surface area contributed by atoms with Gasteiger partial charge in [0.1, 0.15) is 0 Å². The van der Waals surface area contributed by atoms with Crippen LogP contribution in [0.5, 0.6) is 11.5 Å². The molecule has 8 heteroatoms. The number of nitrogens with zero attached hydrogens (tertiary/aromatic N) is 1. The molecular formula is C18H24ClN3O4. The van der Waals surface area contributed by atoms with E-state index >= 15 is 0 Å². The molecule has 3 N–H and O–H groups in total. The minimum atomic E-state index is -0.623. The molecule has 26 heavy (non-hydrogen) atoms. The van der Waals surface area contributed by atoms with Gasteiger partial charge in [-0.25, -0.2) is 0 Å². The molecule has 1 aliphatic carbocycles. The molecule has 1 aromatic rings. The van der Waals surface area contributed by atoms with E-state index in [1.807, 2.05) is 0 Å². The van der Waals surface area contributed by atoms with Gasteiger partial charge in [0.05, 0.1) is 12.1 Å². The fourth-order valence-corrected chi connectivity index (χ4v) is 3.52. The van der Waals surface area contributed by atoms with Crippen molar-refractivity contribution < 1.29 is 19.1 Å². The number of ether oxygens (including phenoxy) is 2. The number of rotatable bonds is 7. The zero-order chi connectivity index (χ0) is 18.7. The van der Waals surface area contributed by atoms with E-state index in [-0.39, 0.29) is 35.1 Å². The van der Waals surface area contributed by atoms with Crippen LogP contribution in [0.2, 0.25) is 5.02 Å². The number of hydrogen-bond donors (Lipinski definition) is 2. The van der Waals surface area contributed by atoms with Crippen LogP contribution in [0.1, 0.15) is 36.0 Å². The van der Waals surface area contributed by atoms with Crippen LogP contribution in [0, 0.1) is 0 Å². The number of methoxy groups -OCH3 is 1. The van der Waals surface area contributed by atoms with Gasteiger partial charge < -0.3 is 25.4 Å². The summed E-state index contributed by atoms with van der Waals surface area (Å²) in [7, 11) is 1.44. The standard InChI is InChI=1S/C18H24ClN3O4/c1-25-15-9-11(8-14(19)17(15)26-10-16(20)23)18(24)21-12-4-6-22(7-5-12)13-2-3-13/h8-9,12-13H,2-7,10H2,1H3,(H2,20,23)(H,21,24). The average molecular weight is 382 g/mol. The summed E-state index contributed by atoms with van der Waals surface area (Å²) >= 11 is 6.20. The smallest absolute Gasteiger partial charge is 0.255 e. The third-order valence-electron chi connectivity index (χ3n) is 4.78. The number of likely N-dealkylation sites (tertiary alicyclic amines) is 1. The van der Waals surface area contributed by atoms with Gasteiger partial charge in [0.2, 0.25) is 0 Å². The summed E-state index contributed by atoms with van der Waals surface area (Å²) in [6.45, 7) is 1.74. The van der Waals surface area contributed by atoms with E-state index in [1.54, 1.807) is 6.07 Å². The monoisotopic (exact) mass is 381 g/mol. The van der Waals surface area contributed by atoms with Crippen molar-refractivity contribution in [3.05, 3.63) is 22.7 Å². The molecule has 0 unspecified atom stereocenters. The molecule has 2 aliphatic rings. The minimum absolute atomic E-state index is 0.160. The Morgan fingerprint density at radius 3 is 2.54 bits per heavy atom. The summed E-state index contributed by atoms with van der Waals surface area (Å²) in [5, 5.41) is 3.26. The van der Waals surface area contributed by atoms with Gasteiger partial charge in [-0.05, 0) is 37.8 Å². The summed E-state index contributed by atoms with van der Waals surface area (Å²) in [4.78, 5) is 26.0. The van der Waals surface area contributed by atoms with Gasteiger partial charge in [0, 0.05) is 30.7 Å². The molecule has 7 nitrogen and oxygen atoms in total. The van der Waals surface area contributed by atoms with Crippen LogP contribution in [-0.2, 0) is 4.79 Å². The zero-order valence-corrected chi connectivity index (χ0v) is 15.6. The molecule has 1 saturated heterocycles. The third kappa shape index (κ3) is 4.59. The molecule has 0 spiro atoms. The summed E-state index contributed by atoms with van der Waals surface area (Å²) in [6.07, 6.45) is 4.51. The largest absolute Gasteiger partial charge is 0.493 e. The Bertz CT molecular complexity index is 685. The lowest BCUT2D eigenvalue weighted by molar-refractivity contribution is -0.119. The van der Waals surface area contributed by atoms with Crippen LogP contribution < -0.4 is 20.5 Å². The Hall–Kier alpha value is -1.99. The number of nitrogens with two attached hydrogens (primary N) is 1. The van der Waals surface area contributed by atoms with Crippen molar-refractivity contribution in [2.45, 2.75) is 37.8 Å². The van der Waals surface area contributed by atoms with E-state index in [0.717, 1.165) is 32.0 Å². The second-order valence-corrected chi connectivity index (χ2v) is 7.17. The number of amides is 2. The molecule has 2 amide bonds. The van der Waals surface area contributed by atoms with E-state index < -0.39 is 5.91 Å². The van der Waals surface area contributed by atoms with Crippen LogP contribution in [-0.4, -0.2) is 55.6 Å². The van der Waals surface area contributed by atoms with Gasteiger partial charge in [-0.2, -0.15) is 0 Å². The molecule has 1 heterocycles. The number of primary amides is 1. The number of carbonyl (C=O) groups is 2. The molecule has 0 bridgehead atoms. The van der Waals surface area contributed by atoms with Gasteiger partial charge in [-0.15, -0.1) is 0 Å². The number of hydrogen-bond acceptors (Lipinski definition) is 5. The average Bonchev–Trinajstić information content (AvgIpc) is 3.45. The molecule has 0 aromatic heterocycles. The maximum Gasteiger partial charge on any atom is 0.255 e. The van der Waals surface area contributed by atoms with E-state index in [1.165, 1.54) is 26.0 Å². The first kappa shape index (κ1) is 18.8. The second kappa shape index (κ2) is 8.14. The van der Waals surface area contributed by atoms with Crippen LogP contribution in [0.3, 0.4) is 0 Å². The molecular weight excluding hydrogens is 358 g/mol. The third-order valence-corrected chi connectivity index (χ3v) is 5.06. The number of benzene rings is 1. The van der Waals surface area contributed by atoms with Gasteiger partial charge in [0.15, 0.2) is 18.1 Å². The van der Waals surface area contributed by atoms with Gasteiger partial charge >= 0.3 is 0 Å². The van der Waals surface area contributed by atoms with Crippen molar-refractivity contribution in [3.8, 4) is 11.5 Å². The van der Waals surface area contributed by atoms with Crippen LogP contribution >= 0.6 is 11.6 Å². The van der Waals surface area contributed by atoms with Crippen LogP contribution in [0.15, 0.2) is 12.1 Å². The quantitative estimate of drug-likeness (QED) is 0.747. The molecule has 1 aromatic carbocycles. The lowest BCUT2D eigenvalue weighted by atomic mass is 10.0. The highest BCUT2D eigenvalue weighted by Gasteiger charge is 2.32. The fourth-order valence-electron chi connectivity index (χ4n) is 3.25. The summed E-state index contributed by atoms with van der Waals surface area (Å²) in [6, 6.07) is 3.99. The SMILES string of the molecule is COc1cc(C(=O)NC2CCN(C3CC3)CC2)cc(Cl)c1OCC(N)=O. The topological polar surface area (TPSA) is 93.9 Å². The van der Waals surface area contributed by atoms with Gasteiger partial charge in [-0.3, -0.25) is 9.59 Å². The van der Waals surface area contributed by atoms with Gasteiger partial charge in [-0.1, -0.05) is 11.6 Å². The van der Waals surface area contributed by atoms with Crippen molar-refractivity contribution in [1.82, 2.24) is 10.2 Å². The Morgan fingerprint density at radius 1 is 1.27 bits per heavy atom. The summed E-state index contributed by atoms with van der Waals surface area (Å²) in [5.74, 6) is -0.339. The second-order valence-electron chi connectivity index (χ2n) is 6.76. The summed E-state index contributed by atoms with van der Waals surface area (Å²) < 4.78 is 10.5. The molecule has 1 aliphatic heterocycles. The first-order valence-corrected chi connectivity index (χ1v) is 9.19. The van der Waals surface area contributed by atoms with Crippen molar-refractivity contribution >= 4 is 23.4 Å². The molecule has 3 rings (SSSR count). The van der Waals surface area contributed by atoms with Crippen molar-refractivity contribution in [3.63, 3.8) is 0 Å². The van der Waals surface area contributed by atoms with Gasteiger partial charge in [0.25, 0.3) is 11.8 Å². The normalized spacial score (nSPS) is 18.4. The van der Waals surface area contributed by atoms with E-state index in [9.17, 15) is 9.59 Å². The van der Waals surface area contributed by atoms with Crippen molar-refractivity contribution in [1.29, 1.82) is 0 Å². The number of halogens is 1. The van der Waals surface area contributed by atoms with Crippen molar-refractivity contribution in [2.24, 2.45) is 5.73 Å². The summed E-state index contributed by atoms with van der Waals surface area (Å²) in [5.41, 5.74) is 5.47. The zero-order valence-electron chi connectivity index (χ0n) is 14.8. The highest BCUT2D eigenvalue weighted by Crippen LogP contribution is 2.36. The fraction of sp³-hybridized carbons (Fsp3) is 0.556. The molecule has 1 saturated carbocycles. The van der Waals surface area contributed by atoms with E-state index in [2.05, 4.69) is 10.2 Å². The first-order chi connectivity index (χ1) is 12.5. The highest BCUT2D eigenvalue weighted by molar-refractivity contribution is 6.32. The molecule has 0 atom stereocenters.